The minimum Gasteiger partial charge on any atom is -0.311 e. The summed E-state index contributed by atoms with van der Waals surface area (Å²) in [4.78, 5) is 2.88. The highest BCUT2D eigenvalue weighted by molar-refractivity contribution is 5.04. The third-order valence-electron chi connectivity index (χ3n) is 7.17. The highest BCUT2D eigenvalue weighted by Crippen LogP contribution is 2.46. The molecule has 0 aromatic rings. The number of nitrogens with one attached hydrogen (secondary N) is 1. The van der Waals surface area contributed by atoms with Crippen molar-refractivity contribution >= 4 is 0 Å². The van der Waals surface area contributed by atoms with Gasteiger partial charge in [0.1, 0.15) is 0 Å². The topological polar surface area (TPSA) is 15.3 Å². The van der Waals surface area contributed by atoms with Gasteiger partial charge in [0, 0.05) is 24.7 Å². The second kappa shape index (κ2) is 5.85. The van der Waals surface area contributed by atoms with Gasteiger partial charge in [-0.2, -0.15) is 0 Å². The zero-order valence-corrected chi connectivity index (χ0v) is 13.8. The summed E-state index contributed by atoms with van der Waals surface area (Å²) in [6.07, 6.45) is 19.2. The van der Waals surface area contributed by atoms with Crippen LogP contribution in [0.1, 0.15) is 83.5 Å². The minimum atomic E-state index is 0.535. The van der Waals surface area contributed by atoms with Crippen molar-refractivity contribution in [3.63, 3.8) is 0 Å². The Labute approximate surface area is 131 Å². The monoisotopic (exact) mass is 290 g/mol. The maximum Gasteiger partial charge on any atom is 0.0196 e. The molecule has 1 atom stereocenters. The van der Waals surface area contributed by atoms with Crippen LogP contribution in [0.2, 0.25) is 0 Å². The predicted molar refractivity (Wildman–Crippen MR) is 88.5 cm³/mol. The lowest BCUT2D eigenvalue weighted by atomic mass is 9.69. The Morgan fingerprint density at radius 2 is 1.38 bits per heavy atom. The molecule has 0 radical (unpaired) electrons. The molecule has 0 aromatic heterocycles. The van der Waals surface area contributed by atoms with E-state index in [1.807, 2.05) is 0 Å². The lowest BCUT2D eigenvalue weighted by Gasteiger charge is -2.57. The van der Waals surface area contributed by atoms with Crippen molar-refractivity contribution < 1.29 is 0 Å². The molecule has 0 bridgehead atoms. The first-order valence-corrected chi connectivity index (χ1v) is 9.79. The van der Waals surface area contributed by atoms with Crippen LogP contribution in [0.5, 0.6) is 0 Å². The Morgan fingerprint density at radius 3 is 2.10 bits per heavy atom. The molecule has 2 saturated heterocycles. The molecule has 4 rings (SSSR count). The van der Waals surface area contributed by atoms with E-state index in [1.54, 1.807) is 0 Å². The van der Waals surface area contributed by atoms with Crippen LogP contribution in [-0.4, -0.2) is 36.1 Å². The molecule has 0 amide bonds. The van der Waals surface area contributed by atoms with E-state index >= 15 is 0 Å². The van der Waals surface area contributed by atoms with E-state index in [0.29, 0.717) is 5.54 Å². The van der Waals surface area contributed by atoms with Crippen molar-refractivity contribution in [2.45, 2.75) is 95.1 Å². The maximum absolute atomic E-state index is 3.92. The van der Waals surface area contributed by atoms with Gasteiger partial charge in [-0.15, -0.1) is 0 Å². The van der Waals surface area contributed by atoms with Gasteiger partial charge in [0.25, 0.3) is 0 Å². The van der Waals surface area contributed by atoms with Crippen LogP contribution in [0.4, 0.5) is 0 Å². The SMILES string of the molecule is C1CCCC2(CC1)CN(C1CCNC3(CCCCC3)C1)C2. The van der Waals surface area contributed by atoms with E-state index in [0.717, 1.165) is 11.5 Å². The van der Waals surface area contributed by atoms with Gasteiger partial charge in [-0.25, -0.2) is 0 Å². The van der Waals surface area contributed by atoms with Crippen LogP contribution in [0.25, 0.3) is 0 Å². The fourth-order valence-corrected chi connectivity index (χ4v) is 5.92. The summed E-state index contributed by atoms with van der Waals surface area (Å²) in [5, 5.41) is 3.92. The molecule has 1 N–H and O–H groups in total. The highest BCUT2D eigenvalue weighted by atomic mass is 15.2. The van der Waals surface area contributed by atoms with Crippen molar-refractivity contribution in [2.24, 2.45) is 5.41 Å². The van der Waals surface area contributed by atoms with Gasteiger partial charge < -0.3 is 5.32 Å². The van der Waals surface area contributed by atoms with E-state index in [1.165, 1.54) is 103 Å². The van der Waals surface area contributed by atoms with Crippen molar-refractivity contribution in [3.8, 4) is 0 Å². The molecule has 2 aliphatic heterocycles. The summed E-state index contributed by atoms with van der Waals surface area (Å²) in [6, 6.07) is 0.901. The lowest BCUT2D eigenvalue weighted by Crippen LogP contribution is -2.64. The molecule has 21 heavy (non-hydrogen) atoms. The lowest BCUT2D eigenvalue weighted by molar-refractivity contribution is -0.0622. The zero-order valence-electron chi connectivity index (χ0n) is 13.8. The average molecular weight is 290 g/mol. The Balaban J connectivity index is 1.35. The summed E-state index contributed by atoms with van der Waals surface area (Å²) < 4.78 is 0. The molecule has 0 aromatic carbocycles. The highest BCUT2D eigenvalue weighted by Gasteiger charge is 2.47. The third-order valence-corrected chi connectivity index (χ3v) is 7.17. The van der Waals surface area contributed by atoms with Crippen LogP contribution < -0.4 is 5.32 Å². The molecule has 4 fully saturated rings. The first-order chi connectivity index (χ1) is 10.3. The number of rotatable bonds is 1. The van der Waals surface area contributed by atoms with Gasteiger partial charge in [-0.05, 0) is 50.5 Å². The first kappa shape index (κ1) is 14.5. The van der Waals surface area contributed by atoms with Gasteiger partial charge in [-0.3, -0.25) is 4.90 Å². The first-order valence-electron chi connectivity index (χ1n) is 9.79. The molecule has 120 valence electrons. The second-order valence-corrected chi connectivity index (χ2v) is 8.73. The summed E-state index contributed by atoms with van der Waals surface area (Å²) in [7, 11) is 0. The summed E-state index contributed by atoms with van der Waals surface area (Å²) in [6.45, 7) is 4.15. The van der Waals surface area contributed by atoms with Crippen LogP contribution in [-0.2, 0) is 0 Å². The van der Waals surface area contributed by atoms with Crippen LogP contribution in [0, 0.1) is 5.41 Å². The van der Waals surface area contributed by atoms with Gasteiger partial charge in [0.2, 0.25) is 0 Å². The molecule has 4 aliphatic rings. The van der Waals surface area contributed by atoms with Gasteiger partial charge in [0.05, 0.1) is 0 Å². The smallest absolute Gasteiger partial charge is 0.0196 e. The van der Waals surface area contributed by atoms with Crippen molar-refractivity contribution in [1.82, 2.24) is 10.2 Å². The largest absolute Gasteiger partial charge is 0.311 e. The van der Waals surface area contributed by atoms with Crippen LogP contribution >= 0.6 is 0 Å². The molecule has 2 spiro atoms. The molecule has 2 aliphatic carbocycles. The Morgan fingerprint density at radius 1 is 0.762 bits per heavy atom. The Kier molecular flexibility index (Phi) is 4.04. The van der Waals surface area contributed by atoms with Gasteiger partial charge in [-0.1, -0.05) is 44.9 Å². The number of nitrogens with zero attached hydrogens (tertiary/aromatic N) is 1. The summed E-state index contributed by atoms with van der Waals surface area (Å²) in [5.74, 6) is 0. The standard InChI is InChI=1S/C19H34N2/c1-2-5-10-18(9-4-1)15-21(16-18)17-8-13-20-19(14-17)11-6-3-7-12-19/h17,20H,1-16H2. The molecule has 2 heterocycles. The fourth-order valence-electron chi connectivity index (χ4n) is 5.92. The van der Waals surface area contributed by atoms with Gasteiger partial charge in [0.15, 0.2) is 0 Å². The predicted octanol–water partition coefficient (Wildman–Crippen LogP) is 4.10. The van der Waals surface area contributed by atoms with E-state index in [-0.39, 0.29) is 0 Å². The van der Waals surface area contributed by atoms with Crippen molar-refractivity contribution in [3.05, 3.63) is 0 Å². The third kappa shape index (κ3) is 2.91. The number of likely N-dealkylation sites (tertiary alicyclic amines) is 1. The second-order valence-electron chi connectivity index (χ2n) is 8.73. The Bertz CT molecular complexity index is 337. The summed E-state index contributed by atoms with van der Waals surface area (Å²) in [5.41, 5.74) is 1.29. The number of hydrogen-bond acceptors (Lipinski definition) is 2. The molecule has 1 unspecified atom stereocenters. The summed E-state index contributed by atoms with van der Waals surface area (Å²) >= 11 is 0. The van der Waals surface area contributed by atoms with E-state index < -0.39 is 0 Å². The van der Waals surface area contributed by atoms with Gasteiger partial charge >= 0.3 is 0 Å². The Hall–Kier alpha value is -0.0800. The van der Waals surface area contributed by atoms with Crippen LogP contribution in [0.3, 0.4) is 0 Å². The normalized spacial score (nSPS) is 36.3. The molecular weight excluding hydrogens is 256 g/mol. The molecule has 2 heteroatoms. The number of piperidine rings is 1. The van der Waals surface area contributed by atoms with E-state index in [4.69, 9.17) is 0 Å². The maximum atomic E-state index is 3.92. The van der Waals surface area contributed by atoms with Crippen LogP contribution in [0.15, 0.2) is 0 Å². The molecule has 2 saturated carbocycles. The van der Waals surface area contributed by atoms with E-state index in [2.05, 4.69) is 10.2 Å². The zero-order chi connectivity index (χ0) is 14.2. The van der Waals surface area contributed by atoms with E-state index in [9.17, 15) is 0 Å². The number of hydrogen-bond donors (Lipinski definition) is 1. The van der Waals surface area contributed by atoms with Crippen molar-refractivity contribution in [1.29, 1.82) is 0 Å². The quantitative estimate of drug-likeness (QED) is 0.782. The molecular formula is C19H34N2. The fraction of sp³-hybridized carbons (Fsp3) is 1.00. The van der Waals surface area contributed by atoms with Crippen molar-refractivity contribution in [2.75, 3.05) is 19.6 Å². The average Bonchev–Trinajstić information content (AvgIpc) is 2.72. The minimum absolute atomic E-state index is 0.535. The molecule has 2 nitrogen and oxygen atoms in total.